The summed E-state index contributed by atoms with van der Waals surface area (Å²) in [6, 6.07) is 4.39. The van der Waals surface area contributed by atoms with Crippen LogP contribution in [0.1, 0.15) is 18.7 Å². The van der Waals surface area contributed by atoms with Crippen molar-refractivity contribution in [2.75, 3.05) is 12.3 Å². The summed E-state index contributed by atoms with van der Waals surface area (Å²) in [5.74, 6) is 2.27. The van der Waals surface area contributed by atoms with E-state index in [1.165, 1.54) is 5.75 Å². The first-order valence-corrected chi connectivity index (χ1v) is 5.31. The van der Waals surface area contributed by atoms with E-state index in [2.05, 4.69) is 12.2 Å². The monoisotopic (exact) mass is 183 g/mol. The first-order chi connectivity index (χ1) is 5.88. The summed E-state index contributed by atoms with van der Waals surface area (Å²) in [4.78, 5) is 0. The van der Waals surface area contributed by atoms with E-state index in [-0.39, 0.29) is 0 Å². The highest BCUT2D eigenvalue weighted by Crippen LogP contribution is 2.29. The van der Waals surface area contributed by atoms with Gasteiger partial charge >= 0.3 is 0 Å². The second-order valence-electron chi connectivity index (χ2n) is 3.02. The van der Waals surface area contributed by atoms with Gasteiger partial charge in [-0.15, -0.1) is 0 Å². The van der Waals surface area contributed by atoms with Gasteiger partial charge in [-0.3, -0.25) is 0 Å². The van der Waals surface area contributed by atoms with Gasteiger partial charge in [0.2, 0.25) is 0 Å². The molecule has 66 valence electrons. The molecule has 1 aromatic heterocycles. The van der Waals surface area contributed by atoms with Crippen molar-refractivity contribution >= 4 is 11.8 Å². The first kappa shape index (κ1) is 8.20. The molecule has 2 rings (SSSR count). The fourth-order valence-corrected chi connectivity index (χ4v) is 2.55. The number of furan rings is 1. The summed E-state index contributed by atoms with van der Waals surface area (Å²) in [5, 5.41) is 4.07. The van der Waals surface area contributed by atoms with Crippen molar-refractivity contribution in [3.05, 3.63) is 24.2 Å². The van der Waals surface area contributed by atoms with Crippen LogP contribution in [0, 0.1) is 0 Å². The molecule has 1 fully saturated rings. The maximum atomic E-state index is 5.37. The minimum atomic E-state index is 0.402. The number of thioether (sulfide) groups is 1. The minimum Gasteiger partial charge on any atom is -0.468 e. The molecule has 1 aliphatic heterocycles. The summed E-state index contributed by atoms with van der Waals surface area (Å²) in [6.45, 7) is 3.32. The molecule has 2 unspecified atom stereocenters. The largest absolute Gasteiger partial charge is 0.468 e. The molecule has 0 spiro atoms. The predicted octanol–water partition coefficient (Wildman–Crippen LogP) is 2.05. The van der Waals surface area contributed by atoms with E-state index >= 15 is 0 Å². The lowest BCUT2D eigenvalue weighted by Crippen LogP contribution is -2.35. The van der Waals surface area contributed by atoms with E-state index in [9.17, 15) is 0 Å². The molecule has 0 aromatic carbocycles. The van der Waals surface area contributed by atoms with Crippen molar-refractivity contribution < 1.29 is 4.42 Å². The Morgan fingerprint density at radius 3 is 3.25 bits per heavy atom. The SMILES string of the molecule is CC1SCCNC1c1ccco1. The van der Waals surface area contributed by atoms with Gasteiger partial charge in [0.1, 0.15) is 5.76 Å². The molecule has 2 atom stereocenters. The van der Waals surface area contributed by atoms with E-state index in [1.807, 2.05) is 23.9 Å². The van der Waals surface area contributed by atoms with Crippen molar-refractivity contribution in [2.24, 2.45) is 0 Å². The number of nitrogens with one attached hydrogen (secondary N) is 1. The molecular formula is C9H13NOS. The number of hydrogen-bond acceptors (Lipinski definition) is 3. The molecular weight excluding hydrogens is 170 g/mol. The summed E-state index contributed by atoms with van der Waals surface area (Å²) in [6.07, 6.45) is 1.74. The average molecular weight is 183 g/mol. The summed E-state index contributed by atoms with van der Waals surface area (Å²) >= 11 is 2.00. The molecule has 0 bridgehead atoms. The van der Waals surface area contributed by atoms with Crippen LogP contribution in [-0.2, 0) is 0 Å². The molecule has 1 N–H and O–H groups in total. The van der Waals surface area contributed by atoms with Crippen molar-refractivity contribution in [3.8, 4) is 0 Å². The molecule has 0 radical (unpaired) electrons. The third-order valence-corrected chi connectivity index (χ3v) is 3.40. The van der Waals surface area contributed by atoms with E-state index in [0.29, 0.717) is 11.3 Å². The average Bonchev–Trinajstić information content (AvgIpc) is 2.57. The van der Waals surface area contributed by atoms with Gasteiger partial charge in [0.05, 0.1) is 12.3 Å². The molecule has 1 aliphatic rings. The number of hydrogen-bond donors (Lipinski definition) is 1. The van der Waals surface area contributed by atoms with Gasteiger partial charge < -0.3 is 9.73 Å². The maximum Gasteiger partial charge on any atom is 0.121 e. The van der Waals surface area contributed by atoms with Crippen LogP contribution in [0.2, 0.25) is 0 Å². The predicted molar refractivity (Wildman–Crippen MR) is 51.4 cm³/mol. The van der Waals surface area contributed by atoms with Crippen LogP contribution in [-0.4, -0.2) is 17.5 Å². The molecule has 1 aromatic rings. The molecule has 1 saturated heterocycles. The van der Waals surface area contributed by atoms with Crippen molar-refractivity contribution in [1.29, 1.82) is 0 Å². The van der Waals surface area contributed by atoms with Crippen LogP contribution < -0.4 is 5.32 Å². The third-order valence-electron chi connectivity index (χ3n) is 2.17. The van der Waals surface area contributed by atoms with Gasteiger partial charge in [0.25, 0.3) is 0 Å². The van der Waals surface area contributed by atoms with E-state index < -0.39 is 0 Å². The minimum absolute atomic E-state index is 0.402. The molecule has 2 nitrogen and oxygen atoms in total. The lowest BCUT2D eigenvalue weighted by atomic mass is 10.1. The quantitative estimate of drug-likeness (QED) is 0.721. The normalized spacial score (nSPS) is 30.4. The summed E-state index contributed by atoms with van der Waals surface area (Å²) < 4.78 is 5.37. The highest BCUT2D eigenvalue weighted by molar-refractivity contribution is 8.00. The Morgan fingerprint density at radius 2 is 2.58 bits per heavy atom. The Hall–Kier alpha value is -0.410. The molecule has 12 heavy (non-hydrogen) atoms. The smallest absolute Gasteiger partial charge is 0.121 e. The Morgan fingerprint density at radius 1 is 1.67 bits per heavy atom. The fourth-order valence-electron chi connectivity index (χ4n) is 1.52. The highest BCUT2D eigenvalue weighted by Gasteiger charge is 2.24. The van der Waals surface area contributed by atoms with Crippen molar-refractivity contribution in [1.82, 2.24) is 5.32 Å². The van der Waals surface area contributed by atoms with Crippen LogP contribution in [0.3, 0.4) is 0 Å². The van der Waals surface area contributed by atoms with Gasteiger partial charge in [-0.25, -0.2) is 0 Å². The molecule has 3 heteroatoms. The lowest BCUT2D eigenvalue weighted by molar-refractivity contribution is 0.411. The summed E-state index contributed by atoms with van der Waals surface area (Å²) in [5.41, 5.74) is 0. The Kier molecular flexibility index (Phi) is 2.42. The second kappa shape index (κ2) is 3.54. The molecule has 0 saturated carbocycles. The van der Waals surface area contributed by atoms with Crippen LogP contribution >= 0.6 is 11.8 Å². The molecule has 2 heterocycles. The van der Waals surface area contributed by atoms with E-state index in [1.54, 1.807) is 6.26 Å². The van der Waals surface area contributed by atoms with E-state index in [4.69, 9.17) is 4.42 Å². The van der Waals surface area contributed by atoms with Crippen molar-refractivity contribution in [2.45, 2.75) is 18.2 Å². The zero-order valence-electron chi connectivity index (χ0n) is 7.12. The lowest BCUT2D eigenvalue weighted by Gasteiger charge is -2.27. The van der Waals surface area contributed by atoms with Crippen LogP contribution in [0.25, 0.3) is 0 Å². The Bertz CT molecular complexity index is 235. The van der Waals surface area contributed by atoms with Crippen LogP contribution in [0.4, 0.5) is 0 Å². The molecule has 0 aliphatic carbocycles. The van der Waals surface area contributed by atoms with Gasteiger partial charge in [0.15, 0.2) is 0 Å². The first-order valence-electron chi connectivity index (χ1n) is 4.26. The standard InChI is InChI=1S/C9H13NOS/c1-7-9(10-4-6-12-7)8-3-2-5-11-8/h2-3,5,7,9-10H,4,6H2,1H3. The molecule has 0 amide bonds. The summed E-state index contributed by atoms with van der Waals surface area (Å²) in [7, 11) is 0. The zero-order chi connectivity index (χ0) is 8.39. The van der Waals surface area contributed by atoms with Gasteiger partial charge in [-0.05, 0) is 12.1 Å². The number of rotatable bonds is 1. The third kappa shape index (κ3) is 1.52. The Labute approximate surface area is 76.7 Å². The van der Waals surface area contributed by atoms with Crippen molar-refractivity contribution in [3.63, 3.8) is 0 Å². The van der Waals surface area contributed by atoms with Gasteiger partial charge in [-0.1, -0.05) is 6.92 Å². The fraction of sp³-hybridized carbons (Fsp3) is 0.556. The van der Waals surface area contributed by atoms with Gasteiger partial charge in [0, 0.05) is 17.5 Å². The van der Waals surface area contributed by atoms with E-state index in [0.717, 1.165) is 12.3 Å². The zero-order valence-corrected chi connectivity index (χ0v) is 7.93. The Balaban J connectivity index is 2.11. The second-order valence-corrected chi connectivity index (χ2v) is 4.51. The van der Waals surface area contributed by atoms with Gasteiger partial charge in [-0.2, -0.15) is 11.8 Å². The van der Waals surface area contributed by atoms with Crippen LogP contribution in [0.5, 0.6) is 0 Å². The topological polar surface area (TPSA) is 25.2 Å². The highest BCUT2D eigenvalue weighted by atomic mass is 32.2. The maximum absolute atomic E-state index is 5.37. The van der Waals surface area contributed by atoms with Crippen LogP contribution in [0.15, 0.2) is 22.8 Å².